The number of nitrogens with zero attached hydrogens (tertiary/aromatic N) is 3. The third-order valence-electron chi connectivity index (χ3n) is 12.1. The number of hydrogen-bond donors (Lipinski definition) is 12. The number of carboxylic acid groups (broad SMARTS) is 6. The van der Waals surface area contributed by atoms with Crippen LogP contribution in [-0.2, 0) is 59.3 Å². The van der Waals surface area contributed by atoms with Crippen molar-refractivity contribution < 1.29 is 88.1 Å². The van der Waals surface area contributed by atoms with Crippen molar-refractivity contribution in [1.29, 1.82) is 0 Å². The highest BCUT2D eigenvalue weighted by atomic mass is 16.5. The number of nitrogens with one attached hydrogen (secondary N) is 6. The molecule has 5 amide bonds. The van der Waals surface area contributed by atoms with Crippen LogP contribution in [0, 0.1) is 0 Å². The van der Waals surface area contributed by atoms with E-state index >= 15 is 0 Å². The second-order valence-electron chi connectivity index (χ2n) is 18.5. The van der Waals surface area contributed by atoms with Gasteiger partial charge < -0.3 is 67.3 Å². The van der Waals surface area contributed by atoms with Gasteiger partial charge >= 0.3 is 47.8 Å². The summed E-state index contributed by atoms with van der Waals surface area (Å²) in [6.45, 7) is 0.810. The lowest BCUT2D eigenvalue weighted by Crippen LogP contribution is -2.52. The van der Waals surface area contributed by atoms with Gasteiger partial charge in [-0.2, -0.15) is 0 Å². The number of hydrogen-bond acceptors (Lipinski definition) is 16. The number of unbranched alkanes of at least 4 members (excludes halogenated alkanes) is 5. The third kappa shape index (κ3) is 31.7. The van der Waals surface area contributed by atoms with Gasteiger partial charge in [0.05, 0.1) is 19.6 Å². The van der Waals surface area contributed by atoms with Crippen LogP contribution in [0.2, 0.25) is 0 Å². The molecule has 0 saturated carbocycles. The molecule has 1 aromatic carbocycles. The molecule has 1 aliphatic heterocycles. The summed E-state index contributed by atoms with van der Waals surface area (Å²) in [6.07, 6.45) is 3.73. The first-order chi connectivity index (χ1) is 36.2. The molecule has 0 bridgehead atoms. The highest BCUT2D eigenvalue weighted by Crippen LogP contribution is 2.11. The van der Waals surface area contributed by atoms with Gasteiger partial charge in [0.15, 0.2) is 0 Å². The molecule has 1 saturated heterocycles. The van der Waals surface area contributed by atoms with Crippen molar-refractivity contribution in [3.63, 3.8) is 0 Å². The first-order valence-corrected chi connectivity index (χ1v) is 25.5. The molecule has 0 radical (unpaired) electrons. The lowest BCUT2D eigenvalue weighted by molar-refractivity contribution is -0.149. The third-order valence-corrected chi connectivity index (χ3v) is 12.1. The van der Waals surface area contributed by atoms with Gasteiger partial charge in [0.1, 0.15) is 24.7 Å². The monoisotopic (exact) mass is 1080 g/mol. The van der Waals surface area contributed by atoms with E-state index in [1.807, 2.05) is 6.07 Å². The highest BCUT2D eigenvalue weighted by Gasteiger charge is 2.28. The van der Waals surface area contributed by atoms with Crippen LogP contribution in [0.5, 0.6) is 0 Å². The van der Waals surface area contributed by atoms with Crippen molar-refractivity contribution in [2.75, 3.05) is 78.5 Å². The summed E-state index contributed by atoms with van der Waals surface area (Å²) in [7, 11) is 0. The van der Waals surface area contributed by atoms with Gasteiger partial charge in [0, 0.05) is 90.6 Å². The van der Waals surface area contributed by atoms with E-state index in [-0.39, 0.29) is 129 Å². The fourth-order valence-corrected chi connectivity index (χ4v) is 8.05. The lowest BCUT2D eigenvalue weighted by Gasteiger charge is -2.32. The number of ether oxygens (including phenoxy) is 1. The number of carbonyl (C=O) groups excluding carboxylic acids is 5. The van der Waals surface area contributed by atoms with Crippen molar-refractivity contribution in [1.82, 2.24) is 46.6 Å². The Morgan fingerprint density at radius 1 is 0.526 bits per heavy atom. The van der Waals surface area contributed by atoms with Gasteiger partial charge in [-0.05, 0) is 63.4 Å². The number of urea groups is 1. The number of benzene rings is 1. The average molecular weight is 1080 g/mol. The van der Waals surface area contributed by atoms with Crippen LogP contribution in [0.1, 0.15) is 102 Å². The van der Waals surface area contributed by atoms with E-state index in [9.17, 15) is 78.3 Å². The van der Waals surface area contributed by atoms with Crippen LogP contribution < -0.4 is 31.9 Å². The van der Waals surface area contributed by atoms with E-state index in [4.69, 9.17) is 9.84 Å². The van der Waals surface area contributed by atoms with Crippen LogP contribution in [0.3, 0.4) is 0 Å². The van der Waals surface area contributed by atoms with Gasteiger partial charge in [-0.3, -0.25) is 48.3 Å². The molecule has 4 atom stereocenters. The molecule has 426 valence electrons. The van der Waals surface area contributed by atoms with Crippen molar-refractivity contribution in [3.8, 4) is 0 Å². The molecular weight excluding hydrogens is 1000 g/mol. The number of rotatable bonds is 36. The molecule has 27 nitrogen and oxygen atoms in total. The Morgan fingerprint density at radius 2 is 1.01 bits per heavy atom. The van der Waals surface area contributed by atoms with Crippen LogP contribution in [-0.4, -0.2) is 214 Å². The Labute approximate surface area is 440 Å². The minimum atomic E-state index is -1.52. The Bertz CT molecular complexity index is 2030. The predicted molar refractivity (Wildman–Crippen MR) is 270 cm³/mol. The molecule has 0 aromatic heterocycles. The molecular formula is C49H77N9O18. The van der Waals surface area contributed by atoms with Crippen molar-refractivity contribution in [3.05, 3.63) is 35.9 Å². The summed E-state index contributed by atoms with van der Waals surface area (Å²) < 4.78 is 5.58. The maximum absolute atomic E-state index is 13.7. The minimum Gasteiger partial charge on any atom is -0.481 e. The van der Waals surface area contributed by atoms with Crippen LogP contribution in [0.15, 0.2) is 30.3 Å². The summed E-state index contributed by atoms with van der Waals surface area (Å²) in [4.78, 5) is 138. The molecule has 2 rings (SSSR count). The smallest absolute Gasteiger partial charge is 0.328 e. The van der Waals surface area contributed by atoms with E-state index in [1.165, 1.54) is 0 Å². The van der Waals surface area contributed by atoms with E-state index < -0.39 is 84.3 Å². The number of carboxylic acids is 6. The number of carbonyl (C=O) groups is 11. The maximum Gasteiger partial charge on any atom is 0.328 e. The zero-order chi connectivity index (χ0) is 56.3. The van der Waals surface area contributed by atoms with Crippen LogP contribution in [0.25, 0.3) is 0 Å². The first-order valence-electron chi connectivity index (χ1n) is 25.5. The molecule has 2 unspecified atom stereocenters. The standard InChI is InChI=1S/C49H77N9O18/c59-39(51-20-10-8-14-36(46(70)71)54-49(75)55-37(47(72)73)18-19-42(62)63)16-6-1-2-7-17-40(60)52-21-11-9-15-38(48(74)76-33-34-12-4-3-5-13-34)53-41(61)28-35-29-58(32-45(68)69)27-26-57(31-44(66)67)25-24-56(23-22-50-35)30-43(64)65/h3-5,12-13,35-38,50H,1-2,6-11,14-33H2,(H,51,59)(H,52,60)(H,53,61)(H,62,63)(H,64,65)(H,66,67)(H,68,69)(H,70,71)(H,72,73)(H2,54,55,75)/t35?,36-,37-,38?/m0/s1. The lowest BCUT2D eigenvalue weighted by atomic mass is 10.1. The molecule has 1 heterocycles. The van der Waals surface area contributed by atoms with E-state index in [1.54, 1.807) is 39.0 Å². The summed E-state index contributed by atoms with van der Waals surface area (Å²) in [5.41, 5.74) is 0.732. The van der Waals surface area contributed by atoms with Gasteiger partial charge in [-0.25, -0.2) is 19.2 Å². The zero-order valence-corrected chi connectivity index (χ0v) is 42.9. The Hall–Kier alpha value is -6.97. The van der Waals surface area contributed by atoms with E-state index in [2.05, 4.69) is 31.9 Å². The predicted octanol–water partition coefficient (Wildman–Crippen LogP) is -0.280. The molecule has 0 aliphatic carbocycles. The van der Waals surface area contributed by atoms with Crippen molar-refractivity contribution in [2.45, 2.75) is 127 Å². The van der Waals surface area contributed by atoms with Gasteiger partial charge in [-0.15, -0.1) is 0 Å². The summed E-state index contributed by atoms with van der Waals surface area (Å²) >= 11 is 0. The zero-order valence-electron chi connectivity index (χ0n) is 42.9. The fraction of sp³-hybridized carbons (Fsp3) is 0.653. The molecule has 1 aromatic rings. The molecule has 1 fully saturated rings. The molecule has 1 aliphatic rings. The molecule has 27 heteroatoms. The van der Waals surface area contributed by atoms with Crippen LogP contribution >= 0.6 is 0 Å². The van der Waals surface area contributed by atoms with Crippen LogP contribution in [0.4, 0.5) is 4.79 Å². The Kier molecular flexibility index (Phi) is 32.3. The van der Waals surface area contributed by atoms with Gasteiger partial charge in [0.25, 0.3) is 0 Å². The maximum atomic E-state index is 13.7. The number of amides is 5. The summed E-state index contributed by atoms with van der Waals surface area (Å²) in [5.74, 6) is -8.93. The topological polar surface area (TPSA) is 400 Å². The largest absolute Gasteiger partial charge is 0.481 e. The van der Waals surface area contributed by atoms with Crippen molar-refractivity contribution >= 4 is 65.5 Å². The van der Waals surface area contributed by atoms with Crippen molar-refractivity contribution in [2.24, 2.45) is 0 Å². The van der Waals surface area contributed by atoms with Gasteiger partial charge in [0.2, 0.25) is 17.7 Å². The first kappa shape index (κ1) is 65.1. The Morgan fingerprint density at radius 3 is 1.53 bits per heavy atom. The SMILES string of the molecule is O=C(O)CC[C@H](NC(=O)N[C@@H](CCCCNC(=O)CCCCCCC(=O)NCCCCC(NC(=O)CC1CN(CC(=O)O)CCN(CC(=O)O)CCN(CC(=O)O)CCN1)C(=O)OCc1ccccc1)C(=O)O)C(=O)O. The summed E-state index contributed by atoms with van der Waals surface area (Å²) in [5, 5.41) is 71.9. The quantitative estimate of drug-likeness (QED) is 0.0304. The fourth-order valence-electron chi connectivity index (χ4n) is 8.05. The minimum absolute atomic E-state index is 0.00551. The molecule has 76 heavy (non-hydrogen) atoms. The second kappa shape index (κ2) is 37.7. The number of aliphatic carboxylic acids is 6. The summed E-state index contributed by atoms with van der Waals surface area (Å²) in [6, 6.07) is 3.32. The molecule has 12 N–H and O–H groups in total. The number of esters is 1. The van der Waals surface area contributed by atoms with Gasteiger partial charge in [-0.1, -0.05) is 43.2 Å². The van der Waals surface area contributed by atoms with E-state index in [0.717, 1.165) is 5.56 Å². The highest BCUT2D eigenvalue weighted by molar-refractivity contribution is 5.86. The second-order valence-corrected chi connectivity index (χ2v) is 18.5. The Balaban J connectivity index is 1.81. The normalized spacial score (nSPS) is 16.0. The van der Waals surface area contributed by atoms with E-state index in [0.29, 0.717) is 57.9 Å². The molecule has 0 spiro atoms. The average Bonchev–Trinajstić information content (AvgIpc) is 3.34.